The number of nitrogens with one attached hydrogen (secondary N) is 1. The minimum absolute atomic E-state index is 0.0132. The van der Waals surface area contributed by atoms with E-state index < -0.39 is 29.8 Å². The minimum atomic E-state index is -1.17. The van der Waals surface area contributed by atoms with Gasteiger partial charge < -0.3 is 16.2 Å². The van der Waals surface area contributed by atoms with E-state index in [0.29, 0.717) is 12.0 Å². The maximum absolute atomic E-state index is 13.1. The van der Waals surface area contributed by atoms with Crippen LogP contribution in [0.1, 0.15) is 31.7 Å². The molecule has 6 heteroatoms. The molecule has 1 amide bonds. The molecule has 0 spiro atoms. The fourth-order valence-electron chi connectivity index (χ4n) is 1.93. The number of carbonyl (C=O) groups excluding carboxylic acids is 1. The number of nitrogens with two attached hydrogens (primary N) is 1. The van der Waals surface area contributed by atoms with Crippen molar-refractivity contribution in [2.75, 3.05) is 0 Å². The Labute approximate surface area is 123 Å². The van der Waals surface area contributed by atoms with Crippen LogP contribution in [-0.4, -0.2) is 29.1 Å². The maximum Gasteiger partial charge on any atom is 0.326 e. The van der Waals surface area contributed by atoms with Crippen LogP contribution in [0.2, 0.25) is 0 Å². The Hall–Kier alpha value is -1.95. The number of unbranched alkanes of at least 4 members (excludes halogenated alkanes) is 1. The van der Waals surface area contributed by atoms with Crippen molar-refractivity contribution in [1.29, 1.82) is 0 Å². The molecule has 0 bridgehead atoms. The molecular weight excluding hydrogens is 275 g/mol. The van der Waals surface area contributed by atoms with E-state index in [4.69, 9.17) is 10.8 Å². The first-order valence-electron chi connectivity index (χ1n) is 6.97. The molecule has 116 valence electrons. The normalized spacial score (nSPS) is 13.5. The number of carboxylic acids is 1. The topological polar surface area (TPSA) is 92.4 Å². The van der Waals surface area contributed by atoms with Gasteiger partial charge in [0.25, 0.3) is 0 Å². The summed E-state index contributed by atoms with van der Waals surface area (Å²) in [5, 5.41) is 11.6. The summed E-state index contributed by atoms with van der Waals surface area (Å²) in [6, 6.07) is 3.80. The predicted molar refractivity (Wildman–Crippen MR) is 77.2 cm³/mol. The quantitative estimate of drug-likeness (QED) is 0.677. The molecule has 1 unspecified atom stereocenters. The second-order valence-electron chi connectivity index (χ2n) is 4.98. The van der Waals surface area contributed by atoms with Crippen molar-refractivity contribution in [2.45, 2.75) is 44.7 Å². The van der Waals surface area contributed by atoms with E-state index in [2.05, 4.69) is 5.32 Å². The first kappa shape index (κ1) is 17.1. The lowest BCUT2D eigenvalue weighted by atomic mass is 10.0. The van der Waals surface area contributed by atoms with Crippen molar-refractivity contribution < 1.29 is 19.1 Å². The molecule has 0 saturated heterocycles. The van der Waals surface area contributed by atoms with Gasteiger partial charge in [0.1, 0.15) is 11.9 Å². The zero-order valence-corrected chi connectivity index (χ0v) is 12.0. The summed E-state index contributed by atoms with van der Waals surface area (Å²) in [5.41, 5.74) is 6.21. The Bertz CT molecular complexity index is 494. The lowest BCUT2D eigenvalue weighted by Gasteiger charge is -2.18. The van der Waals surface area contributed by atoms with Gasteiger partial charge in [-0.05, 0) is 24.1 Å². The zero-order chi connectivity index (χ0) is 15.8. The summed E-state index contributed by atoms with van der Waals surface area (Å²) in [5.74, 6) is -2.11. The molecule has 4 N–H and O–H groups in total. The Balaban J connectivity index is 2.65. The molecule has 0 aromatic heterocycles. The van der Waals surface area contributed by atoms with Crippen molar-refractivity contribution in [1.82, 2.24) is 5.32 Å². The molecule has 0 saturated carbocycles. The van der Waals surface area contributed by atoms with E-state index >= 15 is 0 Å². The molecule has 0 heterocycles. The molecule has 1 aromatic rings. The van der Waals surface area contributed by atoms with Crippen LogP contribution in [0.5, 0.6) is 0 Å². The molecular formula is C15H21FN2O3. The van der Waals surface area contributed by atoms with Crippen LogP contribution >= 0.6 is 0 Å². The number of carbonyl (C=O) groups is 2. The van der Waals surface area contributed by atoms with Gasteiger partial charge in [-0.1, -0.05) is 31.9 Å². The summed E-state index contributed by atoms with van der Waals surface area (Å²) in [7, 11) is 0. The highest BCUT2D eigenvalue weighted by atomic mass is 19.1. The number of hydrogen-bond acceptors (Lipinski definition) is 3. The van der Waals surface area contributed by atoms with Gasteiger partial charge in [0.2, 0.25) is 5.91 Å². The Morgan fingerprint density at radius 3 is 2.71 bits per heavy atom. The lowest BCUT2D eigenvalue weighted by Crippen LogP contribution is -2.49. The van der Waals surface area contributed by atoms with E-state index in [0.717, 1.165) is 12.8 Å². The van der Waals surface area contributed by atoms with Gasteiger partial charge in [0.05, 0.1) is 6.04 Å². The molecule has 5 nitrogen and oxygen atoms in total. The van der Waals surface area contributed by atoms with Crippen LogP contribution in [0.15, 0.2) is 24.3 Å². The first-order chi connectivity index (χ1) is 9.93. The van der Waals surface area contributed by atoms with Gasteiger partial charge in [-0.3, -0.25) is 4.79 Å². The van der Waals surface area contributed by atoms with Crippen LogP contribution in [0.3, 0.4) is 0 Å². The highest BCUT2D eigenvalue weighted by Gasteiger charge is 2.23. The zero-order valence-electron chi connectivity index (χ0n) is 12.0. The summed E-state index contributed by atoms with van der Waals surface area (Å²) in [6.45, 7) is 1.98. The van der Waals surface area contributed by atoms with Crippen molar-refractivity contribution in [3.8, 4) is 0 Å². The number of amides is 1. The number of hydrogen-bond donors (Lipinski definition) is 3. The average Bonchev–Trinajstić information content (AvgIpc) is 2.43. The summed E-state index contributed by atoms with van der Waals surface area (Å²) in [4.78, 5) is 23.1. The van der Waals surface area contributed by atoms with Crippen molar-refractivity contribution >= 4 is 11.9 Å². The summed E-state index contributed by atoms with van der Waals surface area (Å²) in [6.07, 6.45) is 2.23. The molecule has 21 heavy (non-hydrogen) atoms. The monoisotopic (exact) mass is 296 g/mol. The smallest absolute Gasteiger partial charge is 0.326 e. The van der Waals surface area contributed by atoms with E-state index in [1.165, 1.54) is 18.2 Å². The average molecular weight is 296 g/mol. The van der Waals surface area contributed by atoms with Crippen LogP contribution < -0.4 is 11.1 Å². The number of aliphatic carboxylic acids is 1. The SMILES string of the molecule is CCCC[C@H](N)C(=O)NC(Cc1cccc(F)c1)C(=O)O. The van der Waals surface area contributed by atoms with Crippen molar-refractivity contribution in [2.24, 2.45) is 5.73 Å². The van der Waals surface area contributed by atoms with E-state index in [9.17, 15) is 14.0 Å². The third kappa shape index (κ3) is 5.91. The van der Waals surface area contributed by atoms with Gasteiger partial charge in [0, 0.05) is 6.42 Å². The maximum atomic E-state index is 13.1. The Kier molecular flexibility index (Phi) is 6.81. The third-order valence-electron chi connectivity index (χ3n) is 3.15. The number of carboxylic acid groups (broad SMARTS) is 1. The number of rotatable bonds is 8. The van der Waals surface area contributed by atoms with Crippen LogP contribution in [-0.2, 0) is 16.0 Å². The number of benzene rings is 1. The molecule has 0 aliphatic carbocycles. The summed E-state index contributed by atoms with van der Waals surface area (Å²) >= 11 is 0. The van der Waals surface area contributed by atoms with Gasteiger partial charge in [-0.25, -0.2) is 9.18 Å². The summed E-state index contributed by atoms with van der Waals surface area (Å²) < 4.78 is 13.1. The van der Waals surface area contributed by atoms with Crippen LogP contribution in [0.25, 0.3) is 0 Å². The molecule has 2 atom stereocenters. The molecule has 1 rings (SSSR count). The van der Waals surface area contributed by atoms with E-state index in [1.807, 2.05) is 6.92 Å². The first-order valence-corrected chi connectivity index (χ1v) is 6.97. The number of halogens is 1. The molecule has 0 aliphatic heterocycles. The van der Waals surface area contributed by atoms with Gasteiger partial charge in [-0.15, -0.1) is 0 Å². The van der Waals surface area contributed by atoms with Crippen molar-refractivity contribution in [3.05, 3.63) is 35.6 Å². The predicted octanol–water partition coefficient (Wildman–Crippen LogP) is 1.46. The second kappa shape index (κ2) is 8.36. The molecule has 0 fully saturated rings. The molecule has 1 aromatic carbocycles. The van der Waals surface area contributed by atoms with Gasteiger partial charge in [0.15, 0.2) is 0 Å². The highest BCUT2D eigenvalue weighted by molar-refractivity contribution is 5.86. The lowest BCUT2D eigenvalue weighted by molar-refractivity contribution is -0.142. The van der Waals surface area contributed by atoms with Crippen molar-refractivity contribution in [3.63, 3.8) is 0 Å². The van der Waals surface area contributed by atoms with Gasteiger partial charge >= 0.3 is 5.97 Å². The Morgan fingerprint density at radius 1 is 1.43 bits per heavy atom. The highest BCUT2D eigenvalue weighted by Crippen LogP contribution is 2.07. The standard InChI is InChI=1S/C15H21FN2O3/c1-2-3-7-12(17)14(19)18-13(15(20)21)9-10-5-4-6-11(16)8-10/h4-6,8,12-13H,2-3,7,9,17H2,1H3,(H,18,19)(H,20,21)/t12-,13?/m0/s1. The fourth-order valence-corrected chi connectivity index (χ4v) is 1.93. The fraction of sp³-hybridized carbons (Fsp3) is 0.467. The molecule has 0 aliphatic rings. The van der Waals surface area contributed by atoms with E-state index in [-0.39, 0.29) is 6.42 Å². The molecule has 0 radical (unpaired) electrons. The van der Waals surface area contributed by atoms with Crippen LogP contribution in [0.4, 0.5) is 4.39 Å². The largest absolute Gasteiger partial charge is 0.480 e. The van der Waals surface area contributed by atoms with Crippen LogP contribution in [0, 0.1) is 5.82 Å². The third-order valence-corrected chi connectivity index (χ3v) is 3.15. The second-order valence-corrected chi connectivity index (χ2v) is 4.98. The minimum Gasteiger partial charge on any atom is -0.480 e. The Morgan fingerprint density at radius 2 is 2.14 bits per heavy atom. The van der Waals surface area contributed by atoms with E-state index in [1.54, 1.807) is 6.07 Å². The van der Waals surface area contributed by atoms with Gasteiger partial charge in [-0.2, -0.15) is 0 Å².